The van der Waals surface area contributed by atoms with Crippen LogP contribution in [0.2, 0.25) is 0 Å². The highest BCUT2D eigenvalue weighted by Gasteiger charge is 2.01. The minimum absolute atomic E-state index is 0.208. The average molecular weight is 219 g/mol. The second-order valence-corrected chi connectivity index (χ2v) is 3.81. The quantitative estimate of drug-likeness (QED) is 0.833. The van der Waals surface area contributed by atoms with Crippen LogP contribution in [0.25, 0.3) is 0 Å². The van der Waals surface area contributed by atoms with Gasteiger partial charge in [0.25, 0.3) is 0 Å². The molecule has 84 valence electrons. The molecule has 3 nitrogen and oxygen atoms in total. The number of nitrogens with one attached hydrogen (secondary N) is 2. The van der Waals surface area contributed by atoms with E-state index in [0.29, 0.717) is 6.54 Å². The highest BCUT2D eigenvalue weighted by molar-refractivity contribution is 5.50. The van der Waals surface area contributed by atoms with Crippen LogP contribution in [0.1, 0.15) is 17.1 Å². The van der Waals surface area contributed by atoms with Crippen molar-refractivity contribution in [1.82, 2.24) is 9.97 Å². The molecule has 1 aromatic heterocycles. The molecule has 0 bridgehead atoms. The van der Waals surface area contributed by atoms with Gasteiger partial charge in [-0.3, -0.25) is 0 Å². The molecule has 0 radical (unpaired) electrons. The van der Waals surface area contributed by atoms with Gasteiger partial charge >= 0.3 is 0 Å². The maximum Gasteiger partial charge on any atom is 0.123 e. The summed E-state index contributed by atoms with van der Waals surface area (Å²) in [6.07, 6.45) is 1.79. The summed E-state index contributed by atoms with van der Waals surface area (Å²) < 4.78 is 12.9. The van der Waals surface area contributed by atoms with E-state index in [1.165, 1.54) is 12.1 Å². The Hall–Kier alpha value is -1.84. The van der Waals surface area contributed by atoms with Gasteiger partial charge in [-0.05, 0) is 37.6 Å². The molecule has 16 heavy (non-hydrogen) atoms. The number of benzene rings is 1. The van der Waals surface area contributed by atoms with Gasteiger partial charge in [0.15, 0.2) is 0 Å². The van der Waals surface area contributed by atoms with Crippen molar-refractivity contribution < 1.29 is 4.39 Å². The molecule has 0 unspecified atom stereocenters. The van der Waals surface area contributed by atoms with Gasteiger partial charge in [-0.25, -0.2) is 9.37 Å². The van der Waals surface area contributed by atoms with Crippen LogP contribution in [0.3, 0.4) is 0 Å². The number of H-pyrrole nitrogens is 1. The van der Waals surface area contributed by atoms with Crippen molar-refractivity contribution in [3.8, 4) is 0 Å². The minimum atomic E-state index is -0.208. The molecule has 0 atom stereocenters. The Balaban J connectivity index is 2.04. The van der Waals surface area contributed by atoms with Gasteiger partial charge in [0.1, 0.15) is 11.6 Å². The molecule has 1 heterocycles. The Morgan fingerprint density at radius 1 is 1.38 bits per heavy atom. The van der Waals surface area contributed by atoms with E-state index in [4.69, 9.17) is 0 Å². The number of anilines is 1. The SMILES string of the molecule is Cc1ncc(CNc2ccc(F)cc2C)[nH]1. The van der Waals surface area contributed by atoms with Crippen LogP contribution in [-0.2, 0) is 6.54 Å². The fourth-order valence-electron chi connectivity index (χ4n) is 1.58. The molecule has 0 spiro atoms. The average Bonchev–Trinajstić information content (AvgIpc) is 2.63. The fourth-order valence-corrected chi connectivity index (χ4v) is 1.58. The molecular weight excluding hydrogens is 205 g/mol. The third kappa shape index (κ3) is 2.39. The van der Waals surface area contributed by atoms with Crippen molar-refractivity contribution in [3.05, 3.63) is 47.3 Å². The van der Waals surface area contributed by atoms with E-state index in [1.807, 2.05) is 13.8 Å². The molecule has 2 N–H and O–H groups in total. The number of halogens is 1. The van der Waals surface area contributed by atoms with E-state index >= 15 is 0 Å². The Kier molecular flexibility index (Phi) is 2.90. The Bertz CT molecular complexity index is 491. The second kappa shape index (κ2) is 4.35. The lowest BCUT2D eigenvalue weighted by molar-refractivity contribution is 0.627. The molecular formula is C12H14FN3. The van der Waals surface area contributed by atoms with Gasteiger partial charge in [0, 0.05) is 5.69 Å². The van der Waals surface area contributed by atoms with Crippen molar-refractivity contribution in [2.75, 3.05) is 5.32 Å². The molecule has 2 aromatic rings. The summed E-state index contributed by atoms with van der Waals surface area (Å²) in [5, 5.41) is 3.23. The maximum absolute atomic E-state index is 12.9. The zero-order chi connectivity index (χ0) is 11.5. The number of hydrogen-bond acceptors (Lipinski definition) is 2. The highest BCUT2D eigenvalue weighted by Crippen LogP contribution is 2.16. The molecule has 0 aliphatic rings. The second-order valence-electron chi connectivity index (χ2n) is 3.81. The maximum atomic E-state index is 12.9. The summed E-state index contributed by atoms with van der Waals surface area (Å²) >= 11 is 0. The summed E-state index contributed by atoms with van der Waals surface area (Å²) in [5.41, 5.74) is 2.85. The first-order valence-electron chi connectivity index (χ1n) is 5.15. The van der Waals surface area contributed by atoms with Crippen LogP contribution in [0.15, 0.2) is 24.4 Å². The Morgan fingerprint density at radius 2 is 2.19 bits per heavy atom. The van der Waals surface area contributed by atoms with E-state index in [9.17, 15) is 4.39 Å². The van der Waals surface area contributed by atoms with Gasteiger partial charge in [-0.2, -0.15) is 0 Å². The molecule has 4 heteroatoms. The van der Waals surface area contributed by atoms with E-state index in [1.54, 1.807) is 12.3 Å². The lowest BCUT2D eigenvalue weighted by Crippen LogP contribution is -2.01. The molecule has 2 rings (SSSR count). The Labute approximate surface area is 93.7 Å². The normalized spacial score (nSPS) is 10.4. The van der Waals surface area contributed by atoms with Crippen molar-refractivity contribution in [2.24, 2.45) is 0 Å². The molecule has 0 fully saturated rings. The van der Waals surface area contributed by atoms with Crippen molar-refractivity contribution in [1.29, 1.82) is 0 Å². The number of aromatic amines is 1. The van der Waals surface area contributed by atoms with Gasteiger partial charge in [-0.1, -0.05) is 0 Å². The van der Waals surface area contributed by atoms with Gasteiger partial charge in [0.05, 0.1) is 18.4 Å². The lowest BCUT2D eigenvalue weighted by Gasteiger charge is -2.08. The third-order valence-electron chi connectivity index (χ3n) is 2.41. The van der Waals surface area contributed by atoms with Crippen molar-refractivity contribution in [2.45, 2.75) is 20.4 Å². The van der Waals surface area contributed by atoms with Gasteiger partial charge in [0.2, 0.25) is 0 Å². The largest absolute Gasteiger partial charge is 0.379 e. The van der Waals surface area contributed by atoms with E-state index in [2.05, 4.69) is 15.3 Å². The summed E-state index contributed by atoms with van der Waals surface area (Å²) in [6, 6.07) is 4.71. The first kappa shape index (κ1) is 10.7. The van der Waals surface area contributed by atoms with Crippen LogP contribution in [0, 0.1) is 19.7 Å². The minimum Gasteiger partial charge on any atom is -0.379 e. The molecule has 0 amide bonds. The van der Waals surface area contributed by atoms with E-state index < -0.39 is 0 Å². The molecule has 0 saturated carbocycles. The van der Waals surface area contributed by atoms with Crippen LogP contribution in [-0.4, -0.2) is 9.97 Å². The molecule has 0 saturated heterocycles. The van der Waals surface area contributed by atoms with Crippen molar-refractivity contribution >= 4 is 5.69 Å². The fraction of sp³-hybridized carbons (Fsp3) is 0.250. The van der Waals surface area contributed by atoms with Crippen LogP contribution in [0.4, 0.5) is 10.1 Å². The van der Waals surface area contributed by atoms with E-state index in [0.717, 1.165) is 22.8 Å². The molecule has 0 aliphatic carbocycles. The predicted molar refractivity (Wildman–Crippen MR) is 61.8 cm³/mol. The van der Waals surface area contributed by atoms with E-state index in [-0.39, 0.29) is 5.82 Å². The first-order chi connectivity index (χ1) is 7.65. The monoisotopic (exact) mass is 219 g/mol. The smallest absolute Gasteiger partial charge is 0.123 e. The number of aromatic nitrogens is 2. The van der Waals surface area contributed by atoms with Crippen LogP contribution < -0.4 is 5.32 Å². The zero-order valence-electron chi connectivity index (χ0n) is 9.34. The number of rotatable bonds is 3. The standard InChI is InChI=1S/C12H14FN3/c1-8-5-10(13)3-4-12(8)15-7-11-6-14-9(2)16-11/h3-6,15H,7H2,1-2H3,(H,14,16). The highest BCUT2D eigenvalue weighted by atomic mass is 19.1. The lowest BCUT2D eigenvalue weighted by atomic mass is 10.2. The summed E-state index contributed by atoms with van der Waals surface area (Å²) in [6.45, 7) is 4.45. The van der Waals surface area contributed by atoms with Gasteiger partial charge in [-0.15, -0.1) is 0 Å². The number of nitrogens with zero attached hydrogens (tertiary/aromatic N) is 1. The number of imidazole rings is 1. The topological polar surface area (TPSA) is 40.7 Å². The predicted octanol–water partition coefficient (Wildman–Crippen LogP) is 2.78. The zero-order valence-corrected chi connectivity index (χ0v) is 9.34. The molecule has 0 aliphatic heterocycles. The van der Waals surface area contributed by atoms with Crippen LogP contribution in [0.5, 0.6) is 0 Å². The third-order valence-corrected chi connectivity index (χ3v) is 2.41. The number of hydrogen-bond donors (Lipinski definition) is 2. The summed E-state index contributed by atoms with van der Waals surface area (Å²) in [7, 11) is 0. The summed E-state index contributed by atoms with van der Waals surface area (Å²) in [5.74, 6) is 0.688. The summed E-state index contributed by atoms with van der Waals surface area (Å²) in [4.78, 5) is 7.24. The first-order valence-corrected chi connectivity index (χ1v) is 5.15. The number of aryl methyl sites for hydroxylation is 2. The van der Waals surface area contributed by atoms with Gasteiger partial charge < -0.3 is 10.3 Å². The van der Waals surface area contributed by atoms with Crippen molar-refractivity contribution in [3.63, 3.8) is 0 Å². The van der Waals surface area contributed by atoms with Crippen LogP contribution >= 0.6 is 0 Å². The molecule has 1 aromatic carbocycles. The Morgan fingerprint density at radius 3 is 2.81 bits per heavy atom.